The molecule has 0 spiro atoms. The minimum Gasteiger partial charge on any atom is -0.466 e. The maximum Gasteiger partial charge on any atom is 0.308 e. The lowest BCUT2D eigenvalue weighted by Gasteiger charge is -2.45. The van der Waals surface area contributed by atoms with Crippen LogP contribution in [0.4, 0.5) is 0 Å². The Balaban J connectivity index is 1.79. The zero-order valence-electron chi connectivity index (χ0n) is 15.0. The largest absolute Gasteiger partial charge is 0.466 e. The second-order valence-corrected chi connectivity index (χ2v) is 6.57. The quantitative estimate of drug-likeness (QED) is 0.531. The van der Waals surface area contributed by atoms with E-state index in [2.05, 4.69) is 4.90 Å². The van der Waals surface area contributed by atoms with Crippen LogP contribution in [0, 0.1) is 5.92 Å². The van der Waals surface area contributed by atoms with Crippen molar-refractivity contribution in [3.8, 4) is 0 Å². The Bertz CT molecular complexity index is 350. The highest BCUT2D eigenvalue weighted by Crippen LogP contribution is 2.33. The van der Waals surface area contributed by atoms with E-state index < -0.39 is 0 Å². The number of piperidine rings is 1. The highest BCUT2D eigenvalue weighted by Gasteiger charge is 2.39. The maximum atomic E-state index is 11.8. The summed E-state index contributed by atoms with van der Waals surface area (Å²) in [6, 6.07) is 0.599. The SMILES string of the molecule is CCOC(=O)[C@H]1CC[C@@H](N2CCC(OCC)(OCC)CC2)CC1. The van der Waals surface area contributed by atoms with Crippen molar-refractivity contribution in [3.63, 3.8) is 0 Å². The molecular formula is C18H33NO4. The maximum absolute atomic E-state index is 11.8. The Kier molecular flexibility index (Phi) is 7.31. The molecule has 0 unspecified atom stereocenters. The molecule has 1 heterocycles. The van der Waals surface area contributed by atoms with Gasteiger partial charge in [0, 0.05) is 45.2 Å². The predicted octanol–water partition coefficient (Wildman–Crippen LogP) is 2.97. The fourth-order valence-corrected chi connectivity index (χ4v) is 4.02. The van der Waals surface area contributed by atoms with E-state index >= 15 is 0 Å². The molecule has 1 aliphatic carbocycles. The number of likely N-dealkylation sites (tertiary alicyclic amines) is 1. The summed E-state index contributed by atoms with van der Waals surface area (Å²) in [6.07, 6.45) is 5.99. The van der Waals surface area contributed by atoms with E-state index in [0.717, 1.165) is 51.6 Å². The van der Waals surface area contributed by atoms with Gasteiger partial charge in [0.05, 0.1) is 12.5 Å². The molecule has 2 fully saturated rings. The third-order valence-corrected chi connectivity index (χ3v) is 5.21. The highest BCUT2D eigenvalue weighted by atomic mass is 16.7. The van der Waals surface area contributed by atoms with Gasteiger partial charge in [-0.3, -0.25) is 9.69 Å². The average molecular weight is 327 g/mol. The van der Waals surface area contributed by atoms with Crippen LogP contribution in [0.3, 0.4) is 0 Å². The van der Waals surface area contributed by atoms with Gasteiger partial charge in [-0.25, -0.2) is 0 Å². The monoisotopic (exact) mass is 327 g/mol. The van der Waals surface area contributed by atoms with Gasteiger partial charge in [0.25, 0.3) is 0 Å². The van der Waals surface area contributed by atoms with Crippen molar-refractivity contribution >= 4 is 5.97 Å². The fourth-order valence-electron chi connectivity index (χ4n) is 4.02. The molecule has 134 valence electrons. The molecule has 2 rings (SSSR count). The Morgan fingerprint density at radius 2 is 1.52 bits per heavy atom. The van der Waals surface area contributed by atoms with E-state index in [0.29, 0.717) is 25.9 Å². The molecule has 0 aromatic rings. The molecule has 5 nitrogen and oxygen atoms in total. The second kappa shape index (κ2) is 9.00. The summed E-state index contributed by atoms with van der Waals surface area (Å²) in [7, 11) is 0. The zero-order chi connectivity index (χ0) is 16.7. The summed E-state index contributed by atoms with van der Waals surface area (Å²) in [5.41, 5.74) is 0. The third kappa shape index (κ3) is 4.91. The number of esters is 1. The topological polar surface area (TPSA) is 48.0 Å². The lowest BCUT2D eigenvalue weighted by Crippen LogP contribution is -2.51. The van der Waals surface area contributed by atoms with Crippen LogP contribution in [-0.4, -0.2) is 55.6 Å². The van der Waals surface area contributed by atoms with Gasteiger partial charge in [-0.15, -0.1) is 0 Å². The number of ether oxygens (including phenoxy) is 3. The van der Waals surface area contributed by atoms with Crippen molar-refractivity contribution < 1.29 is 19.0 Å². The summed E-state index contributed by atoms with van der Waals surface area (Å²) in [5.74, 6) is -0.263. The molecule has 1 aliphatic heterocycles. The summed E-state index contributed by atoms with van der Waals surface area (Å²) >= 11 is 0. The first-order valence-electron chi connectivity index (χ1n) is 9.32. The van der Waals surface area contributed by atoms with E-state index in [9.17, 15) is 4.79 Å². The normalized spacial score (nSPS) is 28.5. The fraction of sp³-hybridized carbons (Fsp3) is 0.944. The van der Waals surface area contributed by atoms with Gasteiger partial charge >= 0.3 is 5.97 Å². The van der Waals surface area contributed by atoms with E-state index in [1.165, 1.54) is 0 Å². The summed E-state index contributed by atoms with van der Waals surface area (Å²) < 4.78 is 17.0. The van der Waals surface area contributed by atoms with E-state index in [-0.39, 0.29) is 17.7 Å². The van der Waals surface area contributed by atoms with E-state index in [4.69, 9.17) is 14.2 Å². The van der Waals surface area contributed by atoms with Crippen molar-refractivity contribution in [2.45, 2.75) is 71.1 Å². The molecule has 0 amide bonds. The Labute approximate surface area is 140 Å². The molecule has 0 aromatic carbocycles. The van der Waals surface area contributed by atoms with Crippen LogP contribution in [0.15, 0.2) is 0 Å². The lowest BCUT2D eigenvalue weighted by atomic mass is 9.84. The molecule has 0 bridgehead atoms. The molecule has 23 heavy (non-hydrogen) atoms. The number of carbonyl (C=O) groups excluding carboxylic acids is 1. The van der Waals surface area contributed by atoms with Gasteiger partial charge in [0.1, 0.15) is 0 Å². The molecule has 0 N–H and O–H groups in total. The van der Waals surface area contributed by atoms with E-state index in [1.807, 2.05) is 20.8 Å². The van der Waals surface area contributed by atoms with Crippen molar-refractivity contribution in [1.29, 1.82) is 0 Å². The van der Waals surface area contributed by atoms with Crippen molar-refractivity contribution in [2.24, 2.45) is 5.92 Å². The van der Waals surface area contributed by atoms with E-state index in [1.54, 1.807) is 0 Å². The molecule has 0 aromatic heterocycles. The lowest BCUT2D eigenvalue weighted by molar-refractivity contribution is -0.255. The van der Waals surface area contributed by atoms with Crippen LogP contribution in [0.1, 0.15) is 59.3 Å². The molecule has 5 heteroatoms. The second-order valence-electron chi connectivity index (χ2n) is 6.57. The first kappa shape index (κ1) is 18.7. The van der Waals surface area contributed by atoms with Crippen molar-refractivity contribution in [2.75, 3.05) is 32.9 Å². The third-order valence-electron chi connectivity index (χ3n) is 5.21. The number of rotatable bonds is 7. The summed E-state index contributed by atoms with van der Waals surface area (Å²) in [6.45, 7) is 9.87. The first-order chi connectivity index (χ1) is 11.1. The molecule has 0 atom stereocenters. The van der Waals surface area contributed by atoms with Crippen LogP contribution < -0.4 is 0 Å². The molecule has 2 aliphatic rings. The molecule has 0 radical (unpaired) electrons. The Morgan fingerprint density at radius 1 is 0.957 bits per heavy atom. The van der Waals surface area contributed by atoms with Crippen LogP contribution in [0.5, 0.6) is 0 Å². The number of hydrogen-bond donors (Lipinski definition) is 0. The van der Waals surface area contributed by atoms with Crippen LogP contribution in [0.25, 0.3) is 0 Å². The Hall–Kier alpha value is -0.650. The number of hydrogen-bond acceptors (Lipinski definition) is 5. The van der Waals surface area contributed by atoms with Crippen LogP contribution >= 0.6 is 0 Å². The summed E-state index contributed by atoms with van der Waals surface area (Å²) in [4.78, 5) is 14.4. The van der Waals surface area contributed by atoms with Crippen molar-refractivity contribution in [1.82, 2.24) is 4.90 Å². The van der Waals surface area contributed by atoms with Gasteiger partial charge < -0.3 is 14.2 Å². The van der Waals surface area contributed by atoms with Gasteiger partial charge in [-0.05, 0) is 46.5 Å². The number of nitrogens with zero attached hydrogens (tertiary/aromatic N) is 1. The van der Waals surface area contributed by atoms with Gasteiger partial charge in [-0.2, -0.15) is 0 Å². The zero-order valence-corrected chi connectivity index (χ0v) is 15.0. The standard InChI is InChI=1S/C18H33NO4/c1-4-21-17(20)15-7-9-16(10-8-15)19-13-11-18(12-14-19,22-5-2)23-6-3/h15-16H,4-14H2,1-3H3/t15-,16+. The minimum atomic E-state index is -0.373. The molecular weight excluding hydrogens is 294 g/mol. The first-order valence-corrected chi connectivity index (χ1v) is 9.32. The van der Waals surface area contributed by atoms with Gasteiger partial charge in [0.2, 0.25) is 0 Å². The smallest absolute Gasteiger partial charge is 0.308 e. The Morgan fingerprint density at radius 3 is 2.00 bits per heavy atom. The number of carbonyl (C=O) groups is 1. The predicted molar refractivity (Wildman–Crippen MR) is 89.2 cm³/mol. The average Bonchev–Trinajstić information content (AvgIpc) is 2.56. The molecule has 1 saturated carbocycles. The summed E-state index contributed by atoms with van der Waals surface area (Å²) in [5, 5.41) is 0. The highest BCUT2D eigenvalue weighted by molar-refractivity contribution is 5.72. The van der Waals surface area contributed by atoms with Gasteiger partial charge in [-0.1, -0.05) is 0 Å². The van der Waals surface area contributed by atoms with Gasteiger partial charge in [0.15, 0.2) is 5.79 Å². The minimum absolute atomic E-state index is 0.00342. The molecule has 1 saturated heterocycles. The van der Waals surface area contributed by atoms with Crippen molar-refractivity contribution in [3.05, 3.63) is 0 Å². The van der Waals surface area contributed by atoms with Crippen LogP contribution in [-0.2, 0) is 19.0 Å². The van der Waals surface area contributed by atoms with Crippen LogP contribution in [0.2, 0.25) is 0 Å².